The molecule has 2 heterocycles. The van der Waals surface area contributed by atoms with E-state index in [1.807, 2.05) is 31.6 Å². The van der Waals surface area contributed by atoms with Crippen molar-refractivity contribution in [3.63, 3.8) is 0 Å². The first-order chi connectivity index (χ1) is 11.7. The molecule has 8 heteroatoms. The van der Waals surface area contributed by atoms with Gasteiger partial charge in [0.15, 0.2) is 5.96 Å². The zero-order valence-corrected chi connectivity index (χ0v) is 16.9. The van der Waals surface area contributed by atoms with E-state index in [4.69, 9.17) is 0 Å². The van der Waals surface area contributed by atoms with Crippen molar-refractivity contribution in [2.24, 2.45) is 12.0 Å². The van der Waals surface area contributed by atoms with Crippen LogP contribution in [-0.2, 0) is 13.6 Å². The molecule has 1 aromatic heterocycles. The molecule has 1 N–H and O–H groups in total. The number of aromatic nitrogens is 2. The van der Waals surface area contributed by atoms with Gasteiger partial charge < -0.3 is 15.1 Å². The summed E-state index contributed by atoms with van der Waals surface area (Å²) in [4.78, 5) is 8.89. The molecular weight excluding hydrogens is 434 g/mol. The number of rotatable bonds is 3. The third-order valence-electron chi connectivity index (χ3n) is 4.19. The van der Waals surface area contributed by atoms with Crippen LogP contribution < -0.4 is 10.2 Å². The summed E-state index contributed by atoms with van der Waals surface area (Å²) in [5, 5.41) is 7.56. The third-order valence-corrected chi connectivity index (χ3v) is 4.19. The Labute approximate surface area is 164 Å². The number of hydrogen-bond donors (Lipinski definition) is 1. The van der Waals surface area contributed by atoms with Crippen LogP contribution >= 0.6 is 24.0 Å². The standard InChI is InChI=1S/C17H23FN6.HI/c1-19-17(20-11-14-12-21-22(2)13-14)24-9-7-23(8-10-24)16-5-3-15(18)4-6-16;/h3-6,12-13H,7-11H2,1-2H3,(H,19,20);1H. The van der Waals surface area contributed by atoms with E-state index in [1.54, 1.807) is 11.7 Å². The third kappa shape index (κ3) is 5.07. The van der Waals surface area contributed by atoms with Crippen LogP contribution in [0.5, 0.6) is 0 Å². The maximum absolute atomic E-state index is 13.0. The van der Waals surface area contributed by atoms with Crippen LogP contribution in [0.4, 0.5) is 10.1 Å². The highest BCUT2D eigenvalue weighted by molar-refractivity contribution is 14.0. The summed E-state index contributed by atoms with van der Waals surface area (Å²) in [7, 11) is 3.71. The van der Waals surface area contributed by atoms with Crippen LogP contribution in [0.15, 0.2) is 41.7 Å². The molecule has 2 aromatic rings. The monoisotopic (exact) mass is 458 g/mol. The van der Waals surface area contributed by atoms with Crippen molar-refractivity contribution in [1.82, 2.24) is 20.0 Å². The lowest BCUT2D eigenvalue weighted by atomic mass is 10.2. The molecule has 3 rings (SSSR count). The average molecular weight is 458 g/mol. The first-order valence-electron chi connectivity index (χ1n) is 8.09. The molecule has 1 saturated heterocycles. The number of benzene rings is 1. The minimum atomic E-state index is -0.197. The second-order valence-corrected chi connectivity index (χ2v) is 5.87. The molecule has 6 nitrogen and oxygen atoms in total. The molecular formula is C17H24FIN6. The number of halogens is 2. The molecule has 25 heavy (non-hydrogen) atoms. The predicted octanol–water partition coefficient (Wildman–Crippen LogP) is 2.07. The second kappa shape index (κ2) is 9.02. The predicted molar refractivity (Wildman–Crippen MR) is 109 cm³/mol. The zero-order chi connectivity index (χ0) is 16.9. The van der Waals surface area contributed by atoms with Gasteiger partial charge >= 0.3 is 0 Å². The Bertz CT molecular complexity index is 691. The van der Waals surface area contributed by atoms with E-state index in [0.29, 0.717) is 6.54 Å². The lowest BCUT2D eigenvalue weighted by Crippen LogP contribution is -2.52. The summed E-state index contributed by atoms with van der Waals surface area (Å²) in [6.07, 6.45) is 3.85. The molecule has 0 unspecified atom stereocenters. The van der Waals surface area contributed by atoms with E-state index in [1.165, 1.54) is 12.1 Å². The highest BCUT2D eigenvalue weighted by Crippen LogP contribution is 2.17. The minimum absolute atomic E-state index is 0. The summed E-state index contributed by atoms with van der Waals surface area (Å²) < 4.78 is 14.8. The molecule has 1 fully saturated rings. The number of guanidine groups is 1. The number of anilines is 1. The highest BCUT2D eigenvalue weighted by atomic mass is 127. The summed E-state index contributed by atoms with van der Waals surface area (Å²) in [5.41, 5.74) is 2.19. The van der Waals surface area contributed by atoms with Crippen LogP contribution in [0, 0.1) is 5.82 Å². The number of nitrogens with one attached hydrogen (secondary N) is 1. The van der Waals surface area contributed by atoms with Crippen LogP contribution in [0.3, 0.4) is 0 Å². The Balaban J connectivity index is 0.00000225. The van der Waals surface area contributed by atoms with Crippen LogP contribution in [0.1, 0.15) is 5.56 Å². The molecule has 136 valence electrons. The van der Waals surface area contributed by atoms with Crippen molar-refractivity contribution in [3.05, 3.63) is 48.0 Å². The summed E-state index contributed by atoms with van der Waals surface area (Å²) in [6.45, 7) is 4.24. The van der Waals surface area contributed by atoms with Gasteiger partial charge in [0, 0.05) is 64.3 Å². The van der Waals surface area contributed by atoms with Gasteiger partial charge in [0.05, 0.1) is 6.20 Å². The SMILES string of the molecule is CN=C(NCc1cnn(C)c1)N1CCN(c2ccc(F)cc2)CC1.I. The van der Waals surface area contributed by atoms with Crippen LogP contribution in [0.25, 0.3) is 0 Å². The molecule has 0 bridgehead atoms. The number of piperazine rings is 1. The van der Waals surface area contributed by atoms with Gasteiger partial charge in [-0.05, 0) is 24.3 Å². The van der Waals surface area contributed by atoms with Crippen molar-refractivity contribution in [2.75, 3.05) is 38.1 Å². The molecule has 0 atom stereocenters. The molecule has 1 aromatic carbocycles. The maximum atomic E-state index is 13.0. The van der Waals surface area contributed by atoms with E-state index >= 15 is 0 Å². The van der Waals surface area contributed by atoms with Gasteiger partial charge in [0.1, 0.15) is 5.82 Å². The Morgan fingerprint density at radius 2 is 1.88 bits per heavy atom. The van der Waals surface area contributed by atoms with Crippen LogP contribution in [-0.4, -0.2) is 53.9 Å². The fourth-order valence-corrected chi connectivity index (χ4v) is 2.90. The van der Waals surface area contributed by atoms with Crippen molar-refractivity contribution >= 4 is 35.6 Å². The Morgan fingerprint density at radius 3 is 2.44 bits per heavy atom. The molecule has 0 spiro atoms. The number of hydrogen-bond acceptors (Lipinski definition) is 3. The van der Waals surface area contributed by atoms with Gasteiger partial charge in [0.2, 0.25) is 0 Å². The maximum Gasteiger partial charge on any atom is 0.194 e. The number of aliphatic imine (C=N–C) groups is 1. The van der Waals surface area contributed by atoms with Crippen LogP contribution in [0.2, 0.25) is 0 Å². The lowest BCUT2D eigenvalue weighted by Gasteiger charge is -2.37. The fraction of sp³-hybridized carbons (Fsp3) is 0.412. The first kappa shape index (κ1) is 19.5. The highest BCUT2D eigenvalue weighted by Gasteiger charge is 2.19. The zero-order valence-electron chi connectivity index (χ0n) is 14.5. The van der Waals surface area contributed by atoms with E-state index in [-0.39, 0.29) is 29.8 Å². The molecule has 0 saturated carbocycles. The average Bonchev–Trinajstić information content (AvgIpc) is 3.02. The minimum Gasteiger partial charge on any atom is -0.368 e. The summed E-state index contributed by atoms with van der Waals surface area (Å²) in [5.74, 6) is 0.704. The van der Waals surface area contributed by atoms with Gasteiger partial charge in [-0.25, -0.2) is 4.39 Å². The molecule has 1 aliphatic rings. The fourth-order valence-electron chi connectivity index (χ4n) is 2.90. The van der Waals surface area contributed by atoms with Gasteiger partial charge in [-0.15, -0.1) is 24.0 Å². The quantitative estimate of drug-likeness (QED) is 0.435. The van der Waals surface area contributed by atoms with E-state index in [2.05, 4.69) is 25.2 Å². The van der Waals surface area contributed by atoms with E-state index in [0.717, 1.165) is 43.4 Å². The Hall–Kier alpha value is -1.84. The molecule has 0 radical (unpaired) electrons. The van der Waals surface area contributed by atoms with Gasteiger partial charge in [-0.1, -0.05) is 0 Å². The number of aryl methyl sites for hydroxylation is 1. The topological polar surface area (TPSA) is 48.7 Å². The van der Waals surface area contributed by atoms with Gasteiger partial charge in [-0.2, -0.15) is 5.10 Å². The Kier molecular flexibility index (Phi) is 7.03. The van der Waals surface area contributed by atoms with Crippen molar-refractivity contribution in [2.45, 2.75) is 6.54 Å². The molecule has 0 aliphatic carbocycles. The summed E-state index contributed by atoms with van der Waals surface area (Å²) >= 11 is 0. The van der Waals surface area contributed by atoms with Crippen molar-refractivity contribution in [3.8, 4) is 0 Å². The van der Waals surface area contributed by atoms with Crippen molar-refractivity contribution in [1.29, 1.82) is 0 Å². The van der Waals surface area contributed by atoms with Gasteiger partial charge in [-0.3, -0.25) is 9.67 Å². The van der Waals surface area contributed by atoms with Crippen molar-refractivity contribution < 1.29 is 4.39 Å². The smallest absolute Gasteiger partial charge is 0.194 e. The largest absolute Gasteiger partial charge is 0.368 e. The second-order valence-electron chi connectivity index (χ2n) is 5.87. The summed E-state index contributed by atoms with van der Waals surface area (Å²) in [6, 6.07) is 6.69. The normalized spacial score (nSPS) is 15.1. The molecule has 0 amide bonds. The molecule has 1 aliphatic heterocycles. The van der Waals surface area contributed by atoms with Gasteiger partial charge in [0.25, 0.3) is 0 Å². The first-order valence-corrected chi connectivity index (χ1v) is 8.09. The number of nitrogens with zero attached hydrogens (tertiary/aromatic N) is 5. The Morgan fingerprint density at radius 1 is 1.20 bits per heavy atom. The van der Waals surface area contributed by atoms with E-state index < -0.39 is 0 Å². The van der Waals surface area contributed by atoms with E-state index in [9.17, 15) is 4.39 Å². The lowest BCUT2D eigenvalue weighted by molar-refractivity contribution is 0.372.